The molecule has 0 spiro atoms. The fourth-order valence-corrected chi connectivity index (χ4v) is 1.87. The van der Waals surface area contributed by atoms with Crippen LogP contribution >= 0.6 is 23.0 Å². The maximum atomic E-state index is 4.72. The lowest BCUT2D eigenvalue weighted by Gasteiger charge is -2.28. The topological polar surface area (TPSA) is 24.8 Å². The van der Waals surface area contributed by atoms with Gasteiger partial charge in [-0.2, -0.15) is 0 Å². The quantitative estimate of drug-likeness (QED) is 0.573. The maximum Gasteiger partial charge on any atom is 0.230 e. The van der Waals surface area contributed by atoms with E-state index >= 15 is 0 Å². The summed E-state index contributed by atoms with van der Waals surface area (Å²) in [6, 6.07) is 0.734. The van der Waals surface area contributed by atoms with Crippen molar-refractivity contribution in [3.8, 4) is 0 Å². The van der Waals surface area contributed by atoms with Crippen molar-refractivity contribution in [3.05, 3.63) is 0 Å². The van der Waals surface area contributed by atoms with Crippen LogP contribution in [0.25, 0.3) is 0 Å². The Morgan fingerprint density at radius 3 is 2.42 bits per heavy atom. The van der Waals surface area contributed by atoms with Crippen molar-refractivity contribution < 1.29 is 3.17 Å². The molecule has 0 aromatic rings. The molecule has 12 heavy (non-hydrogen) atoms. The van der Waals surface area contributed by atoms with E-state index in [1.807, 2.05) is 23.0 Å². The Morgan fingerprint density at radius 1 is 1.42 bits per heavy atom. The molecule has 0 unspecified atom stereocenters. The summed E-state index contributed by atoms with van der Waals surface area (Å²) in [5.41, 5.74) is 1.21. The van der Waals surface area contributed by atoms with E-state index in [0.29, 0.717) is 0 Å². The number of rotatable bonds is 2. The number of hydrogen-bond acceptors (Lipinski definition) is 3. The minimum atomic E-state index is 0.734. The molecule has 1 saturated carbocycles. The van der Waals surface area contributed by atoms with E-state index in [2.05, 4.69) is 24.2 Å². The van der Waals surface area contributed by atoms with Crippen LogP contribution in [0.1, 0.15) is 25.7 Å². The smallest absolute Gasteiger partial charge is 0.230 e. The van der Waals surface area contributed by atoms with Crippen LogP contribution in [-0.4, -0.2) is 30.7 Å². The molecule has 0 atom stereocenters. The summed E-state index contributed by atoms with van der Waals surface area (Å²) in [6.07, 6.45) is 4.61. The summed E-state index contributed by atoms with van der Waals surface area (Å²) in [4.78, 5) is 2.29. The van der Waals surface area contributed by atoms with Gasteiger partial charge in [-0.05, 0) is 39.8 Å². The highest BCUT2D eigenvalue weighted by Gasteiger charge is 2.19. The summed E-state index contributed by atoms with van der Waals surface area (Å²) in [7, 11) is 4.28. The third-order valence-electron chi connectivity index (χ3n) is 2.43. The molecule has 3 nitrogen and oxygen atoms in total. The first-order chi connectivity index (χ1) is 5.74. The summed E-state index contributed by atoms with van der Waals surface area (Å²) >= 11 is 1.81. The lowest BCUT2D eigenvalue weighted by Crippen LogP contribution is -2.32. The highest BCUT2D eigenvalue weighted by molar-refractivity contribution is 14.1. The number of halogens is 1. The molecule has 1 fully saturated rings. The van der Waals surface area contributed by atoms with Gasteiger partial charge in [0.2, 0.25) is 23.0 Å². The third kappa shape index (κ3) is 2.90. The van der Waals surface area contributed by atoms with Gasteiger partial charge < -0.3 is 8.07 Å². The number of oxime groups is 1. The Hall–Kier alpha value is 0.160. The summed E-state index contributed by atoms with van der Waals surface area (Å²) in [6.45, 7) is 0. The minimum absolute atomic E-state index is 0.734. The zero-order chi connectivity index (χ0) is 8.97. The predicted molar refractivity (Wildman–Crippen MR) is 58.5 cm³/mol. The lowest BCUT2D eigenvalue weighted by atomic mass is 9.93. The van der Waals surface area contributed by atoms with Crippen LogP contribution < -0.4 is 0 Å². The van der Waals surface area contributed by atoms with Crippen molar-refractivity contribution in [2.24, 2.45) is 5.16 Å². The maximum absolute atomic E-state index is 4.72. The zero-order valence-electron chi connectivity index (χ0n) is 7.59. The van der Waals surface area contributed by atoms with E-state index in [9.17, 15) is 0 Å². The van der Waals surface area contributed by atoms with Crippen LogP contribution in [0.3, 0.4) is 0 Å². The molecule has 4 heteroatoms. The van der Waals surface area contributed by atoms with Gasteiger partial charge in [0.1, 0.15) is 0 Å². The highest BCUT2D eigenvalue weighted by atomic mass is 127. The average Bonchev–Trinajstić information content (AvgIpc) is 2.06. The Labute approximate surface area is 87.8 Å². The molecule has 0 aromatic carbocycles. The normalized spacial score (nSPS) is 24.3. The number of hydrogen-bond donors (Lipinski definition) is 0. The van der Waals surface area contributed by atoms with E-state index in [1.54, 1.807) is 0 Å². The summed E-state index contributed by atoms with van der Waals surface area (Å²) in [5.74, 6) is 0. The van der Waals surface area contributed by atoms with Gasteiger partial charge in [0.25, 0.3) is 0 Å². The van der Waals surface area contributed by atoms with Gasteiger partial charge in [0.05, 0.1) is 5.71 Å². The van der Waals surface area contributed by atoms with Gasteiger partial charge in [0, 0.05) is 6.04 Å². The fourth-order valence-electron chi connectivity index (χ4n) is 1.59. The zero-order valence-corrected chi connectivity index (χ0v) is 9.74. The molecule has 0 bridgehead atoms. The van der Waals surface area contributed by atoms with E-state index in [0.717, 1.165) is 18.9 Å². The van der Waals surface area contributed by atoms with Crippen molar-refractivity contribution in [2.75, 3.05) is 14.1 Å². The second-order valence-corrected chi connectivity index (χ2v) is 3.82. The van der Waals surface area contributed by atoms with Crippen molar-refractivity contribution in [2.45, 2.75) is 31.7 Å². The second kappa shape index (κ2) is 5.01. The molecule has 0 N–H and O–H groups in total. The van der Waals surface area contributed by atoms with Crippen LogP contribution in [0.5, 0.6) is 0 Å². The van der Waals surface area contributed by atoms with E-state index in [-0.39, 0.29) is 0 Å². The first-order valence-electron chi connectivity index (χ1n) is 4.24. The van der Waals surface area contributed by atoms with Gasteiger partial charge >= 0.3 is 0 Å². The highest BCUT2D eigenvalue weighted by Crippen LogP contribution is 2.19. The van der Waals surface area contributed by atoms with Gasteiger partial charge in [-0.25, -0.2) is 0 Å². The summed E-state index contributed by atoms with van der Waals surface area (Å²) in [5, 5.41) is 3.96. The van der Waals surface area contributed by atoms with Crippen molar-refractivity contribution in [1.29, 1.82) is 0 Å². The van der Waals surface area contributed by atoms with E-state index < -0.39 is 0 Å². The fraction of sp³-hybridized carbons (Fsp3) is 0.875. The van der Waals surface area contributed by atoms with Gasteiger partial charge in [-0.3, -0.25) is 0 Å². The molecule has 0 saturated heterocycles. The molecule has 70 valence electrons. The van der Waals surface area contributed by atoms with Crippen LogP contribution in [0.4, 0.5) is 0 Å². The molecular formula is C8H15IN2O. The molecular weight excluding hydrogens is 267 g/mol. The largest absolute Gasteiger partial charge is 0.327 e. The van der Waals surface area contributed by atoms with Crippen LogP contribution in [0, 0.1) is 0 Å². The first kappa shape index (κ1) is 10.2. The average molecular weight is 282 g/mol. The predicted octanol–water partition coefficient (Wildman–Crippen LogP) is 2.21. The standard InChI is InChI=1S/C8H15IN2O/c1-11(2)8-5-3-7(4-6-8)10-12-9/h8H,3-6H2,1-2H3. The monoisotopic (exact) mass is 282 g/mol. The third-order valence-corrected chi connectivity index (χ3v) is 2.62. The summed E-state index contributed by atoms with van der Waals surface area (Å²) < 4.78 is 4.72. The van der Waals surface area contributed by atoms with E-state index in [1.165, 1.54) is 18.6 Å². The number of nitrogens with zero attached hydrogens (tertiary/aromatic N) is 2. The first-order valence-corrected chi connectivity index (χ1v) is 5.12. The molecule has 0 aromatic heterocycles. The van der Waals surface area contributed by atoms with Crippen LogP contribution in [0.15, 0.2) is 5.16 Å². The van der Waals surface area contributed by atoms with E-state index in [4.69, 9.17) is 3.17 Å². The second-order valence-electron chi connectivity index (χ2n) is 3.42. The van der Waals surface area contributed by atoms with Gasteiger partial charge in [-0.1, -0.05) is 5.16 Å². The molecule has 1 aliphatic rings. The lowest BCUT2D eigenvalue weighted by molar-refractivity contribution is 0.259. The van der Waals surface area contributed by atoms with Crippen molar-refractivity contribution >= 4 is 28.7 Å². The van der Waals surface area contributed by atoms with Crippen LogP contribution in [-0.2, 0) is 3.17 Å². The molecule has 0 aliphatic heterocycles. The Kier molecular flexibility index (Phi) is 4.28. The van der Waals surface area contributed by atoms with Crippen molar-refractivity contribution in [3.63, 3.8) is 0 Å². The van der Waals surface area contributed by atoms with Crippen molar-refractivity contribution in [1.82, 2.24) is 4.90 Å². The Balaban J connectivity index is 2.34. The van der Waals surface area contributed by atoms with Crippen LogP contribution in [0.2, 0.25) is 0 Å². The molecule has 0 radical (unpaired) electrons. The van der Waals surface area contributed by atoms with Gasteiger partial charge in [0.15, 0.2) is 0 Å². The van der Waals surface area contributed by atoms with Gasteiger partial charge in [-0.15, -0.1) is 0 Å². The molecule has 1 aliphatic carbocycles. The Morgan fingerprint density at radius 2 is 2.00 bits per heavy atom. The molecule has 0 amide bonds. The Bertz CT molecular complexity index is 160. The molecule has 1 rings (SSSR count). The molecule has 0 heterocycles. The minimum Gasteiger partial charge on any atom is -0.327 e. The SMILES string of the molecule is CN(C)C1CCC(=NOI)CC1.